The smallest absolute Gasteiger partial charge is 0.281 e. The molecule has 0 fully saturated rings. The molecule has 4 rings (SSSR count). The van der Waals surface area contributed by atoms with Crippen molar-refractivity contribution in [3.63, 3.8) is 0 Å². The number of aromatic nitrogens is 3. The summed E-state index contributed by atoms with van der Waals surface area (Å²) in [6.45, 7) is 1.86. The fourth-order valence-corrected chi connectivity index (χ4v) is 5.39. The molecule has 0 aliphatic heterocycles. The zero-order valence-electron chi connectivity index (χ0n) is 15.5. The van der Waals surface area contributed by atoms with Crippen LogP contribution in [0, 0.1) is 12.7 Å². The minimum Gasteiger partial charge on any atom is -0.281 e. The molecular weight excluding hydrogens is 490 g/mol. The fourth-order valence-electron chi connectivity index (χ4n) is 2.74. The van der Waals surface area contributed by atoms with Gasteiger partial charge in [-0.15, -0.1) is 11.3 Å². The van der Waals surface area contributed by atoms with Gasteiger partial charge in [0.2, 0.25) is 5.69 Å². The number of H-pyrrole nitrogens is 1. The number of thiazole rings is 1. The van der Waals surface area contributed by atoms with Crippen molar-refractivity contribution < 1.29 is 22.0 Å². The monoisotopic (exact) mass is 501 g/mol. The molecule has 0 radical (unpaired) electrons. The Kier molecular flexibility index (Phi) is 5.60. The van der Waals surface area contributed by atoms with Gasteiger partial charge < -0.3 is 0 Å². The molecule has 0 spiro atoms. The number of hydrogen-bond acceptors (Lipinski definition) is 6. The van der Waals surface area contributed by atoms with E-state index in [4.69, 9.17) is 23.2 Å². The van der Waals surface area contributed by atoms with Crippen LogP contribution in [-0.2, 0) is 10.0 Å². The van der Waals surface area contributed by atoms with E-state index >= 15 is 0 Å². The summed E-state index contributed by atoms with van der Waals surface area (Å²) in [7, 11) is -4.41. The molecule has 2 aromatic carbocycles. The summed E-state index contributed by atoms with van der Waals surface area (Å²) in [5, 5.41) is 3.04. The molecule has 2 aromatic heterocycles. The van der Waals surface area contributed by atoms with E-state index in [1.807, 2.05) is 6.92 Å². The second-order valence-corrected chi connectivity index (χ2v) is 9.64. The Morgan fingerprint density at radius 2 is 1.94 bits per heavy atom. The molecule has 31 heavy (non-hydrogen) atoms. The Balaban J connectivity index is 1.70. The molecule has 0 amide bonds. The van der Waals surface area contributed by atoms with Crippen LogP contribution >= 0.6 is 34.5 Å². The molecule has 0 saturated heterocycles. The average Bonchev–Trinajstić information content (AvgIpc) is 3.28. The summed E-state index contributed by atoms with van der Waals surface area (Å²) in [5.74, 6) is -0.708. The zero-order valence-corrected chi connectivity index (χ0v) is 18.7. The maximum absolute atomic E-state index is 14.3. The van der Waals surface area contributed by atoms with Crippen molar-refractivity contribution in [3.8, 4) is 16.9 Å². The first-order chi connectivity index (χ1) is 14.7. The third-order valence-electron chi connectivity index (χ3n) is 4.14. The Morgan fingerprint density at radius 3 is 2.61 bits per heavy atom. The van der Waals surface area contributed by atoms with Gasteiger partial charge in [-0.25, -0.2) is 18.9 Å². The average molecular weight is 502 g/mol. The van der Waals surface area contributed by atoms with Crippen molar-refractivity contribution in [2.45, 2.75) is 11.9 Å². The highest BCUT2D eigenvalue weighted by atomic mass is 35.5. The molecule has 4 aromatic rings. The van der Waals surface area contributed by atoms with E-state index in [1.165, 1.54) is 11.4 Å². The number of nitrogens with zero attached hydrogens (tertiary/aromatic N) is 2. The Hall–Kier alpha value is -2.73. The van der Waals surface area contributed by atoms with Crippen LogP contribution in [0.1, 0.15) is 5.56 Å². The van der Waals surface area contributed by atoms with Crippen LogP contribution in [0.4, 0.5) is 9.52 Å². The van der Waals surface area contributed by atoms with Gasteiger partial charge in [-0.3, -0.25) is 4.52 Å². The van der Waals surface area contributed by atoms with Gasteiger partial charge in [-0.2, -0.15) is 8.42 Å². The summed E-state index contributed by atoms with van der Waals surface area (Å²) in [6, 6.07) is 9.14. The van der Waals surface area contributed by atoms with E-state index in [0.717, 1.165) is 27.6 Å². The third-order valence-corrected chi connectivity index (χ3v) is 6.87. The standard InChI is InChI=1S/C18H11Cl2FN4O4S2/c1-9-2-4-11(5-3-9)25-16(17(26)29-24-25)31(27,28)23-18-22-14(8-30-18)15-12(20)6-10(19)7-13(15)21/h2-8H,1H3,(H-,22,23,24,26)/p+1. The van der Waals surface area contributed by atoms with Crippen molar-refractivity contribution >= 4 is 49.7 Å². The van der Waals surface area contributed by atoms with Crippen LogP contribution in [-0.4, -0.2) is 18.7 Å². The number of anilines is 1. The molecule has 2 heterocycles. The van der Waals surface area contributed by atoms with E-state index in [0.29, 0.717) is 5.69 Å². The number of sulfonamides is 1. The number of hydrogen-bond donors (Lipinski definition) is 2. The van der Waals surface area contributed by atoms with Gasteiger partial charge in [-0.1, -0.05) is 40.9 Å². The molecular formula is C18H12Cl2FN4O4S2+. The number of nitrogens with one attached hydrogen (secondary N) is 2. The van der Waals surface area contributed by atoms with Crippen LogP contribution in [0.15, 0.2) is 56.1 Å². The van der Waals surface area contributed by atoms with Crippen molar-refractivity contribution in [1.29, 1.82) is 0 Å². The van der Waals surface area contributed by atoms with Crippen LogP contribution in [0.5, 0.6) is 0 Å². The lowest BCUT2D eigenvalue weighted by Crippen LogP contribution is -2.42. The Bertz CT molecular complexity index is 1420. The van der Waals surface area contributed by atoms with Gasteiger partial charge in [0.25, 0.3) is 0 Å². The van der Waals surface area contributed by atoms with Crippen LogP contribution in [0.2, 0.25) is 10.0 Å². The van der Waals surface area contributed by atoms with Crippen molar-refractivity contribution in [3.05, 3.63) is 73.6 Å². The SMILES string of the molecule is Cc1ccc(-[n+]2[nH]oc(=O)c2S(=O)(=O)Nc2nc(-c3c(F)cc(Cl)cc3Cl)cs2)cc1. The first kappa shape index (κ1) is 21.5. The molecule has 0 aliphatic rings. The van der Waals surface area contributed by atoms with Gasteiger partial charge in [0.15, 0.2) is 5.13 Å². The molecule has 2 N–H and O–H groups in total. The Morgan fingerprint density at radius 1 is 1.23 bits per heavy atom. The zero-order chi connectivity index (χ0) is 22.3. The molecule has 160 valence electrons. The quantitative estimate of drug-likeness (QED) is 0.402. The van der Waals surface area contributed by atoms with Crippen molar-refractivity contribution in [2.24, 2.45) is 0 Å². The fraction of sp³-hybridized carbons (Fsp3) is 0.0556. The summed E-state index contributed by atoms with van der Waals surface area (Å²) in [6.07, 6.45) is 0. The van der Waals surface area contributed by atoms with E-state index in [9.17, 15) is 17.6 Å². The largest absolute Gasteiger partial charge is 0.449 e. The van der Waals surface area contributed by atoms with Gasteiger partial charge in [0.1, 0.15) is 5.82 Å². The second-order valence-electron chi connectivity index (χ2n) is 6.34. The lowest BCUT2D eigenvalue weighted by molar-refractivity contribution is -0.705. The van der Waals surface area contributed by atoms with E-state index in [1.54, 1.807) is 24.3 Å². The number of benzene rings is 2. The molecule has 0 bridgehead atoms. The molecule has 8 nitrogen and oxygen atoms in total. The summed E-state index contributed by atoms with van der Waals surface area (Å²) in [4.78, 5) is 16.2. The van der Waals surface area contributed by atoms with Gasteiger partial charge in [-0.05, 0) is 29.0 Å². The number of halogens is 3. The van der Waals surface area contributed by atoms with Crippen LogP contribution < -0.4 is 15.0 Å². The lowest BCUT2D eigenvalue weighted by atomic mass is 10.1. The van der Waals surface area contributed by atoms with Crippen LogP contribution in [0.25, 0.3) is 16.9 Å². The Labute approximate surface area is 188 Å². The third kappa shape index (κ3) is 4.22. The minimum atomic E-state index is -4.41. The van der Waals surface area contributed by atoms with E-state index in [2.05, 4.69) is 19.5 Å². The van der Waals surface area contributed by atoms with E-state index < -0.39 is 26.5 Å². The first-order valence-corrected chi connectivity index (χ1v) is 11.6. The number of aromatic amines is 1. The lowest BCUT2D eigenvalue weighted by Gasteiger charge is -2.03. The summed E-state index contributed by atoms with van der Waals surface area (Å²) in [5.41, 5.74) is 0.294. The minimum absolute atomic E-state index is 0.0215. The second kappa shape index (κ2) is 8.08. The maximum atomic E-state index is 14.3. The normalized spacial score (nSPS) is 11.6. The highest BCUT2D eigenvalue weighted by Gasteiger charge is 2.37. The summed E-state index contributed by atoms with van der Waals surface area (Å²) >= 11 is 12.7. The molecule has 0 atom stereocenters. The summed E-state index contributed by atoms with van der Waals surface area (Å²) < 4.78 is 48.0. The van der Waals surface area contributed by atoms with E-state index in [-0.39, 0.29) is 26.4 Å². The number of aryl methyl sites for hydroxylation is 1. The van der Waals surface area contributed by atoms with Crippen molar-refractivity contribution in [2.75, 3.05) is 4.72 Å². The van der Waals surface area contributed by atoms with Gasteiger partial charge >= 0.3 is 20.7 Å². The first-order valence-electron chi connectivity index (χ1n) is 8.49. The van der Waals surface area contributed by atoms with Gasteiger partial charge in [0, 0.05) is 22.5 Å². The maximum Gasteiger partial charge on any atom is 0.449 e. The topological polar surface area (TPSA) is 109 Å². The molecule has 13 heteroatoms. The predicted octanol–water partition coefficient (Wildman–Crippen LogP) is 3.92. The van der Waals surface area contributed by atoms with Gasteiger partial charge in [0.05, 0.1) is 16.3 Å². The molecule has 0 unspecified atom stereocenters. The van der Waals surface area contributed by atoms with Crippen LogP contribution in [0.3, 0.4) is 0 Å². The highest BCUT2D eigenvalue weighted by Crippen LogP contribution is 2.35. The highest BCUT2D eigenvalue weighted by molar-refractivity contribution is 7.92. The predicted molar refractivity (Wildman–Crippen MR) is 114 cm³/mol. The van der Waals surface area contributed by atoms with Crippen molar-refractivity contribution in [1.82, 2.24) is 10.3 Å². The number of rotatable bonds is 5. The molecule has 0 aliphatic carbocycles. The molecule has 0 saturated carbocycles.